The molecule has 0 aromatic carbocycles. The van der Waals surface area contributed by atoms with Gasteiger partial charge in [0.2, 0.25) is 0 Å². The monoisotopic (exact) mass is 412 g/mol. The zero-order chi connectivity index (χ0) is 21.6. The van der Waals surface area contributed by atoms with Gasteiger partial charge < -0.3 is 9.22 Å². The van der Waals surface area contributed by atoms with Crippen LogP contribution in [0.4, 0.5) is 0 Å². The number of hydrogen-bond acceptors (Lipinski definition) is 2. The van der Waals surface area contributed by atoms with Crippen LogP contribution >= 0.6 is 0 Å². The number of carbonyl (C=O) groups is 1. The van der Waals surface area contributed by atoms with Gasteiger partial charge in [-0.1, -0.05) is 104 Å². The Kier molecular flexibility index (Phi) is 20.3. The van der Waals surface area contributed by atoms with Gasteiger partial charge in [-0.3, -0.25) is 4.79 Å². The van der Waals surface area contributed by atoms with Gasteiger partial charge in [0.25, 0.3) is 0 Å². The minimum Gasteiger partial charge on any atom is -0.465 e. The van der Waals surface area contributed by atoms with E-state index in [-0.39, 0.29) is 5.97 Å². The van der Waals surface area contributed by atoms with E-state index in [0.29, 0.717) is 13.0 Å². The molecule has 0 saturated heterocycles. The molecule has 0 heterocycles. The van der Waals surface area contributed by atoms with Crippen molar-refractivity contribution < 1.29 is 14.0 Å². The number of unbranched alkanes of at least 4 members (excludes halogenated alkanes) is 15. The third kappa shape index (κ3) is 21.9. The first-order chi connectivity index (χ1) is 14.0. The molecular weight excluding hydrogens is 358 g/mol. The normalized spacial score (nSPS) is 11.7. The van der Waals surface area contributed by atoms with Gasteiger partial charge in [0.05, 0.1) is 33.8 Å². The average molecular weight is 413 g/mol. The van der Waals surface area contributed by atoms with Crippen LogP contribution in [0.25, 0.3) is 0 Å². The molecule has 0 N–H and O–H groups in total. The summed E-state index contributed by atoms with van der Waals surface area (Å²) in [6.45, 7) is 7.04. The van der Waals surface area contributed by atoms with Crippen LogP contribution in [0.3, 0.4) is 0 Å². The summed E-state index contributed by atoms with van der Waals surface area (Å²) in [5, 5.41) is 0. The van der Waals surface area contributed by atoms with E-state index in [1.807, 2.05) is 6.92 Å². The van der Waals surface area contributed by atoms with Gasteiger partial charge in [0.1, 0.15) is 0 Å². The SMILES string of the molecule is CCCCCCCCCCCCCCCCCC[N+](C)(C)CCCOC(=O)CC. The molecule has 3 nitrogen and oxygen atoms in total. The van der Waals surface area contributed by atoms with Gasteiger partial charge in [-0.2, -0.15) is 0 Å². The van der Waals surface area contributed by atoms with E-state index < -0.39 is 0 Å². The molecule has 0 bridgehead atoms. The summed E-state index contributed by atoms with van der Waals surface area (Å²) < 4.78 is 6.22. The van der Waals surface area contributed by atoms with Crippen LogP contribution in [0.5, 0.6) is 0 Å². The Balaban J connectivity index is 3.28. The van der Waals surface area contributed by atoms with Crippen molar-refractivity contribution in [2.75, 3.05) is 33.8 Å². The van der Waals surface area contributed by atoms with E-state index in [1.54, 1.807) is 0 Å². The molecule has 0 aromatic heterocycles. The van der Waals surface area contributed by atoms with E-state index in [9.17, 15) is 4.79 Å². The predicted octanol–water partition coefficient (Wildman–Crippen LogP) is 7.67. The maximum atomic E-state index is 11.1. The summed E-state index contributed by atoms with van der Waals surface area (Å²) >= 11 is 0. The van der Waals surface area contributed by atoms with Crippen molar-refractivity contribution in [1.29, 1.82) is 0 Å². The van der Waals surface area contributed by atoms with Crippen molar-refractivity contribution in [3.05, 3.63) is 0 Å². The summed E-state index contributed by atoms with van der Waals surface area (Å²) in [4.78, 5) is 11.1. The second kappa shape index (κ2) is 20.7. The van der Waals surface area contributed by atoms with Gasteiger partial charge in [-0.15, -0.1) is 0 Å². The van der Waals surface area contributed by atoms with E-state index >= 15 is 0 Å². The summed E-state index contributed by atoms with van der Waals surface area (Å²) in [6, 6.07) is 0. The third-order valence-electron chi connectivity index (χ3n) is 6.08. The predicted molar refractivity (Wildman–Crippen MR) is 127 cm³/mol. The molecule has 0 spiro atoms. The van der Waals surface area contributed by atoms with Crippen molar-refractivity contribution >= 4 is 5.97 Å². The lowest BCUT2D eigenvalue weighted by atomic mass is 10.0. The van der Waals surface area contributed by atoms with Gasteiger partial charge in [0, 0.05) is 12.8 Å². The topological polar surface area (TPSA) is 26.3 Å². The Labute approximate surface area is 183 Å². The van der Waals surface area contributed by atoms with Crippen molar-refractivity contribution in [1.82, 2.24) is 0 Å². The molecule has 0 saturated carbocycles. The highest BCUT2D eigenvalue weighted by atomic mass is 16.5. The quantitative estimate of drug-likeness (QED) is 0.104. The minimum absolute atomic E-state index is 0.0758. The molecule has 0 amide bonds. The van der Waals surface area contributed by atoms with Crippen molar-refractivity contribution in [3.8, 4) is 0 Å². The smallest absolute Gasteiger partial charge is 0.305 e. The second-order valence-electron chi connectivity index (χ2n) is 9.61. The third-order valence-corrected chi connectivity index (χ3v) is 6.08. The standard InChI is InChI=1S/C26H54NO2/c1-5-7-8-9-10-11-12-13-14-15-16-17-18-19-20-21-23-27(3,4)24-22-25-29-26(28)6-2/h5-25H2,1-4H3/q+1. The first-order valence-corrected chi connectivity index (χ1v) is 13.0. The molecule has 3 heteroatoms. The van der Waals surface area contributed by atoms with E-state index in [4.69, 9.17) is 4.74 Å². The van der Waals surface area contributed by atoms with Gasteiger partial charge in [-0.25, -0.2) is 0 Å². The number of ether oxygens (including phenoxy) is 1. The Bertz CT molecular complexity index is 355. The van der Waals surface area contributed by atoms with Crippen LogP contribution in [0.1, 0.15) is 129 Å². The maximum Gasteiger partial charge on any atom is 0.305 e. The molecule has 174 valence electrons. The molecule has 0 aliphatic carbocycles. The van der Waals surface area contributed by atoms with Crippen molar-refractivity contribution in [3.63, 3.8) is 0 Å². The minimum atomic E-state index is -0.0758. The molecule has 0 radical (unpaired) electrons. The second-order valence-corrected chi connectivity index (χ2v) is 9.61. The highest BCUT2D eigenvalue weighted by molar-refractivity contribution is 5.68. The molecule has 0 rings (SSSR count). The molecule has 0 aliphatic heterocycles. The van der Waals surface area contributed by atoms with Crippen LogP contribution in [-0.4, -0.2) is 44.2 Å². The number of esters is 1. The van der Waals surface area contributed by atoms with Crippen LogP contribution < -0.4 is 0 Å². The largest absolute Gasteiger partial charge is 0.465 e. The highest BCUT2D eigenvalue weighted by Gasteiger charge is 2.14. The average Bonchev–Trinajstić information content (AvgIpc) is 2.70. The van der Waals surface area contributed by atoms with Crippen LogP contribution in [-0.2, 0) is 9.53 Å². The van der Waals surface area contributed by atoms with E-state index in [2.05, 4.69) is 21.0 Å². The van der Waals surface area contributed by atoms with Crippen molar-refractivity contribution in [2.45, 2.75) is 129 Å². The lowest BCUT2D eigenvalue weighted by molar-refractivity contribution is -0.890. The molecule has 0 fully saturated rings. The molecule has 0 atom stereocenters. The number of carbonyl (C=O) groups excluding carboxylic acids is 1. The number of rotatable bonds is 22. The maximum absolute atomic E-state index is 11.1. The Morgan fingerprint density at radius 1 is 0.586 bits per heavy atom. The summed E-state index contributed by atoms with van der Waals surface area (Å²) in [7, 11) is 4.60. The van der Waals surface area contributed by atoms with Gasteiger partial charge in [-0.05, 0) is 12.8 Å². The lowest BCUT2D eigenvalue weighted by Crippen LogP contribution is -2.41. The fourth-order valence-corrected chi connectivity index (χ4v) is 3.98. The molecule has 0 unspecified atom stereocenters. The summed E-state index contributed by atoms with van der Waals surface area (Å²) in [5.41, 5.74) is 0. The zero-order valence-electron chi connectivity index (χ0n) is 20.6. The van der Waals surface area contributed by atoms with Gasteiger partial charge in [0.15, 0.2) is 0 Å². The number of nitrogens with zero attached hydrogens (tertiary/aromatic N) is 1. The van der Waals surface area contributed by atoms with Gasteiger partial charge >= 0.3 is 5.97 Å². The molecule has 0 aromatic rings. The van der Waals surface area contributed by atoms with Crippen LogP contribution in [0.15, 0.2) is 0 Å². The molecular formula is C26H54NO2+. The van der Waals surface area contributed by atoms with Crippen LogP contribution in [0, 0.1) is 0 Å². The van der Waals surface area contributed by atoms with E-state index in [1.165, 1.54) is 109 Å². The lowest BCUT2D eigenvalue weighted by Gasteiger charge is -2.29. The van der Waals surface area contributed by atoms with E-state index in [0.717, 1.165) is 17.4 Å². The van der Waals surface area contributed by atoms with Crippen LogP contribution in [0.2, 0.25) is 0 Å². The zero-order valence-corrected chi connectivity index (χ0v) is 20.6. The first-order valence-electron chi connectivity index (χ1n) is 13.0. The Morgan fingerprint density at radius 2 is 0.966 bits per heavy atom. The number of quaternary nitrogens is 1. The molecule has 0 aliphatic rings. The Hall–Kier alpha value is -0.570. The highest BCUT2D eigenvalue weighted by Crippen LogP contribution is 2.14. The number of hydrogen-bond donors (Lipinski definition) is 0. The summed E-state index contributed by atoms with van der Waals surface area (Å²) in [5.74, 6) is -0.0758. The van der Waals surface area contributed by atoms with Crippen molar-refractivity contribution in [2.24, 2.45) is 0 Å². The Morgan fingerprint density at radius 3 is 1.38 bits per heavy atom. The fourth-order valence-electron chi connectivity index (χ4n) is 3.98. The fraction of sp³-hybridized carbons (Fsp3) is 0.962. The molecule has 29 heavy (non-hydrogen) atoms. The first kappa shape index (κ1) is 28.4. The summed E-state index contributed by atoms with van der Waals surface area (Å²) in [6.07, 6.45) is 24.2.